The van der Waals surface area contributed by atoms with Gasteiger partial charge in [-0.2, -0.15) is 9.29 Å². The molecule has 2 aromatic heterocycles. The minimum atomic E-state index is -3.52. The van der Waals surface area contributed by atoms with Crippen molar-refractivity contribution in [3.05, 3.63) is 53.0 Å². The Labute approximate surface area is 167 Å². The van der Waals surface area contributed by atoms with E-state index in [9.17, 15) is 12.8 Å². The molecule has 1 saturated heterocycles. The first-order valence-corrected chi connectivity index (χ1v) is 11.4. The number of halogens is 1. The van der Waals surface area contributed by atoms with Crippen molar-refractivity contribution in [2.75, 3.05) is 13.1 Å². The van der Waals surface area contributed by atoms with Gasteiger partial charge < -0.3 is 4.52 Å². The smallest absolute Gasteiger partial charge is 0.252 e. The summed E-state index contributed by atoms with van der Waals surface area (Å²) in [7, 11) is -3.52. The highest BCUT2D eigenvalue weighted by atomic mass is 32.2. The molecule has 0 N–H and O–H groups in total. The zero-order valence-corrected chi connectivity index (χ0v) is 17.0. The van der Waals surface area contributed by atoms with Gasteiger partial charge in [0.1, 0.15) is 10.0 Å². The quantitative estimate of drug-likeness (QED) is 0.621. The van der Waals surface area contributed by atoms with E-state index >= 15 is 0 Å². The van der Waals surface area contributed by atoms with Crippen LogP contribution in [0.25, 0.3) is 11.4 Å². The van der Waals surface area contributed by atoms with Crippen LogP contribution in [0.5, 0.6) is 0 Å². The van der Waals surface area contributed by atoms with E-state index in [0.717, 1.165) is 24.1 Å². The van der Waals surface area contributed by atoms with Crippen LogP contribution in [0.4, 0.5) is 4.39 Å². The number of sulfonamides is 1. The number of nitrogens with zero attached hydrogens (tertiary/aromatic N) is 3. The summed E-state index contributed by atoms with van der Waals surface area (Å²) in [5, 5.41) is 3.98. The molecule has 1 fully saturated rings. The first kappa shape index (κ1) is 19.2. The predicted octanol–water partition coefficient (Wildman–Crippen LogP) is 4.07. The second-order valence-corrected chi connectivity index (χ2v) is 10.1. The van der Waals surface area contributed by atoms with Crippen molar-refractivity contribution in [3.63, 3.8) is 0 Å². The lowest BCUT2D eigenvalue weighted by atomic mass is 10.00. The third-order valence-corrected chi connectivity index (χ3v) is 8.42. The van der Waals surface area contributed by atoms with Crippen LogP contribution in [0, 0.1) is 5.82 Å². The van der Waals surface area contributed by atoms with Crippen molar-refractivity contribution < 1.29 is 17.3 Å². The minimum absolute atomic E-state index is 0.157. The Kier molecular flexibility index (Phi) is 5.31. The standard InChI is InChI=1S/C19H20FN3O3S2/c1-2-16-9-10-17(27-16)28(24,25)23-11-3-4-14(12-23)19-21-18(22-26-19)13-5-7-15(20)8-6-13/h5-10,14H,2-4,11-12H2,1H3. The normalized spacial score (nSPS) is 18.4. The van der Waals surface area contributed by atoms with Crippen LogP contribution in [0.3, 0.4) is 0 Å². The predicted molar refractivity (Wildman–Crippen MR) is 104 cm³/mol. The fourth-order valence-corrected chi connectivity index (χ4v) is 6.27. The molecule has 0 saturated carbocycles. The largest absolute Gasteiger partial charge is 0.339 e. The van der Waals surface area contributed by atoms with Gasteiger partial charge in [-0.05, 0) is 55.7 Å². The summed E-state index contributed by atoms with van der Waals surface area (Å²) in [5.41, 5.74) is 0.655. The SMILES string of the molecule is CCc1ccc(S(=O)(=O)N2CCCC(c3nc(-c4ccc(F)cc4)no3)C2)s1. The van der Waals surface area contributed by atoms with E-state index in [1.54, 1.807) is 18.2 Å². The summed E-state index contributed by atoms with van der Waals surface area (Å²) < 4.78 is 46.4. The molecule has 1 atom stereocenters. The molecule has 9 heteroatoms. The Bertz CT molecular complexity index is 1060. The zero-order chi connectivity index (χ0) is 19.7. The van der Waals surface area contributed by atoms with Gasteiger partial charge in [-0.3, -0.25) is 0 Å². The fraction of sp³-hybridized carbons (Fsp3) is 0.368. The third kappa shape index (κ3) is 3.74. The van der Waals surface area contributed by atoms with Crippen LogP contribution in [-0.2, 0) is 16.4 Å². The Morgan fingerprint density at radius 3 is 2.75 bits per heavy atom. The van der Waals surface area contributed by atoms with Crippen molar-refractivity contribution in [1.82, 2.24) is 14.4 Å². The molecule has 6 nitrogen and oxygen atoms in total. The second kappa shape index (κ2) is 7.73. The van der Waals surface area contributed by atoms with Gasteiger partial charge in [-0.15, -0.1) is 11.3 Å². The lowest BCUT2D eigenvalue weighted by Crippen LogP contribution is -2.38. The molecule has 0 amide bonds. The Morgan fingerprint density at radius 1 is 1.25 bits per heavy atom. The number of thiophene rings is 1. The van der Waals surface area contributed by atoms with E-state index < -0.39 is 10.0 Å². The number of aryl methyl sites for hydroxylation is 1. The molecule has 0 radical (unpaired) electrons. The van der Waals surface area contributed by atoms with E-state index in [0.29, 0.717) is 34.6 Å². The van der Waals surface area contributed by atoms with Crippen molar-refractivity contribution in [2.45, 2.75) is 36.3 Å². The van der Waals surface area contributed by atoms with Crippen LogP contribution in [0.2, 0.25) is 0 Å². The van der Waals surface area contributed by atoms with E-state index in [4.69, 9.17) is 4.52 Å². The van der Waals surface area contributed by atoms with Crippen molar-refractivity contribution in [1.29, 1.82) is 0 Å². The fourth-order valence-electron chi connectivity index (χ4n) is 3.29. The van der Waals surface area contributed by atoms with Gasteiger partial charge in [0, 0.05) is 23.5 Å². The highest BCUT2D eigenvalue weighted by Crippen LogP contribution is 2.32. The summed E-state index contributed by atoms with van der Waals surface area (Å²) in [4.78, 5) is 5.47. The molecule has 0 spiro atoms. The molecule has 1 unspecified atom stereocenters. The van der Waals surface area contributed by atoms with Crippen LogP contribution in [0.15, 0.2) is 45.1 Å². The summed E-state index contributed by atoms with van der Waals surface area (Å²) in [6, 6.07) is 9.40. The van der Waals surface area contributed by atoms with Gasteiger partial charge in [0.25, 0.3) is 10.0 Å². The molecular formula is C19H20FN3O3S2. The number of hydrogen-bond donors (Lipinski definition) is 0. The van der Waals surface area contributed by atoms with Gasteiger partial charge in [0.15, 0.2) is 0 Å². The average molecular weight is 422 g/mol. The van der Waals surface area contributed by atoms with Crippen molar-refractivity contribution >= 4 is 21.4 Å². The molecule has 3 heterocycles. The third-order valence-electron chi connectivity index (χ3n) is 4.86. The number of benzene rings is 1. The molecule has 1 aliphatic rings. The van der Waals surface area contributed by atoms with Crippen LogP contribution < -0.4 is 0 Å². The van der Waals surface area contributed by atoms with Crippen LogP contribution in [-0.4, -0.2) is 36.0 Å². The Hall–Kier alpha value is -2.10. The number of rotatable bonds is 5. The summed E-state index contributed by atoms with van der Waals surface area (Å²) >= 11 is 1.32. The molecular weight excluding hydrogens is 401 g/mol. The maximum atomic E-state index is 13.1. The highest BCUT2D eigenvalue weighted by molar-refractivity contribution is 7.91. The molecule has 3 aromatic rings. The van der Waals surface area contributed by atoms with E-state index in [1.165, 1.54) is 27.8 Å². The summed E-state index contributed by atoms with van der Waals surface area (Å²) in [6.45, 7) is 2.80. The van der Waals surface area contributed by atoms with Crippen molar-refractivity contribution in [2.24, 2.45) is 0 Å². The molecule has 1 aromatic carbocycles. The van der Waals surface area contributed by atoms with Crippen LogP contribution in [0.1, 0.15) is 36.5 Å². The number of hydrogen-bond acceptors (Lipinski definition) is 6. The van der Waals surface area contributed by atoms with Gasteiger partial charge in [0.2, 0.25) is 11.7 Å². The number of aromatic nitrogens is 2. The van der Waals surface area contributed by atoms with E-state index in [1.807, 2.05) is 13.0 Å². The average Bonchev–Trinajstić information content (AvgIpc) is 3.39. The first-order valence-electron chi connectivity index (χ1n) is 9.16. The first-order chi connectivity index (χ1) is 13.5. The Balaban J connectivity index is 1.53. The lowest BCUT2D eigenvalue weighted by Gasteiger charge is -2.29. The zero-order valence-electron chi connectivity index (χ0n) is 15.3. The van der Waals surface area contributed by atoms with E-state index in [2.05, 4.69) is 10.1 Å². The molecule has 28 heavy (non-hydrogen) atoms. The maximum Gasteiger partial charge on any atom is 0.252 e. The Morgan fingerprint density at radius 2 is 2.04 bits per heavy atom. The molecule has 0 bridgehead atoms. The van der Waals surface area contributed by atoms with E-state index in [-0.39, 0.29) is 11.7 Å². The molecule has 148 valence electrons. The second-order valence-electron chi connectivity index (χ2n) is 6.74. The molecule has 4 rings (SSSR count). The van der Waals surface area contributed by atoms with Crippen LogP contribution >= 0.6 is 11.3 Å². The summed E-state index contributed by atoms with van der Waals surface area (Å²) in [6.07, 6.45) is 2.32. The molecule has 0 aliphatic carbocycles. The number of piperidine rings is 1. The van der Waals surface area contributed by atoms with Gasteiger partial charge in [0.05, 0.1) is 5.92 Å². The van der Waals surface area contributed by atoms with Gasteiger partial charge >= 0.3 is 0 Å². The highest BCUT2D eigenvalue weighted by Gasteiger charge is 2.34. The minimum Gasteiger partial charge on any atom is -0.339 e. The van der Waals surface area contributed by atoms with Gasteiger partial charge in [-0.1, -0.05) is 12.1 Å². The molecule has 1 aliphatic heterocycles. The maximum absolute atomic E-state index is 13.1. The van der Waals surface area contributed by atoms with Gasteiger partial charge in [-0.25, -0.2) is 12.8 Å². The topological polar surface area (TPSA) is 76.3 Å². The lowest BCUT2D eigenvalue weighted by molar-refractivity contribution is 0.266. The van der Waals surface area contributed by atoms with Crippen molar-refractivity contribution in [3.8, 4) is 11.4 Å². The monoisotopic (exact) mass is 421 g/mol. The summed E-state index contributed by atoms with van der Waals surface area (Å²) in [5.74, 6) is 0.303.